The molecule has 0 bridgehead atoms. The number of amides is 5. The van der Waals surface area contributed by atoms with Crippen LogP contribution in [0.25, 0.3) is 0 Å². The number of rotatable bonds is 11. The third kappa shape index (κ3) is 10.1. The Labute approximate surface area is 234 Å². The van der Waals surface area contributed by atoms with Gasteiger partial charge in [0.05, 0.1) is 6.04 Å². The summed E-state index contributed by atoms with van der Waals surface area (Å²) in [5.74, 6) is -0.851. The van der Waals surface area contributed by atoms with Crippen molar-refractivity contribution in [3.63, 3.8) is 0 Å². The van der Waals surface area contributed by atoms with Crippen molar-refractivity contribution in [2.24, 2.45) is 29.4 Å². The van der Waals surface area contributed by atoms with E-state index in [1.54, 1.807) is 0 Å². The average Bonchev–Trinajstić information content (AvgIpc) is 3.30. The fraction of sp³-hybridized carbons (Fsp3) is 0.828. The first-order valence-corrected chi connectivity index (χ1v) is 14.9. The molecule has 10 nitrogen and oxygen atoms in total. The Morgan fingerprint density at radius 2 is 1.51 bits per heavy atom. The van der Waals surface area contributed by atoms with E-state index in [9.17, 15) is 24.0 Å². The standard InChI is InChI=1S/C17H27N3O4.C12H24N2O/c1-10(2)12-6-7-20(9-21)14(12)17(24)19-13(15(22)16(18)23)8-11-4-3-5-11;1-9(2)13-12(15)14-10(3)11-7-5-4-6-8-11/h9-14H,3-8H2,1-2H3,(H2,18,23)(H,19,24);9-11H,4-8H2,1-3H3,(H2,13,14,15)/t12-,13?,14?;/m1./s1. The number of carbonyl (C=O) groups excluding carboxylic acids is 5. The van der Waals surface area contributed by atoms with Gasteiger partial charge in [-0.2, -0.15) is 0 Å². The summed E-state index contributed by atoms with van der Waals surface area (Å²) in [6.07, 6.45) is 11.5. The first-order valence-electron chi connectivity index (χ1n) is 14.9. The highest BCUT2D eigenvalue weighted by Gasteiger charge is 2.42. The van der Waals surface area contributed by atoms with Gasteiger partial charge in [0.1, 0.15) is 6.04 Å². The average molecular weight is 550 g/mol. The number of hydrogen-bond donors (Lipinski definition) is 4. The highest BCUT2D eigenvalue weighted by atomic mass is 16.2. The molecule has 39 heavy (non-hydrogen) atoms. The van der Waals surface area contributed by atoms with Crippen LogP contribution in [0.4, 0.5) is 4.79 Å². The van der Waals surface area contributed by atoms with Crippen LogP contribution < -0.4 is 21.7 Å². The number of nitrogens with two attached hydrogens (primary N) is 1. The molecule has 4 atom stereocenters. The SMILES string of the molecule is CC(C)NC(=O)NC(C)C1CCCCC1.CC(C)[C@H]1CCN(C=O)C1C(=O)NC(CC1CCC1)C(=O)C(N)=O. The topological polar surface area (TPSA) is 151 Å². The van der Waals surface area contributed by atoms with E-state index in [0.717, 1.165) is 25.7 Å². The molecule has 2 aliphatic carbocycles. The van der Waals surface area contributed by atoms with Crippen molar-refractivity contribution >= 4 is 30.0 Å². The van der Waals surface area contributed by atoms with Gasteiger partial charge in [-0.1, -0.05) is 52.4 Å². The van der Waals surface area contributed by atoms with E-state index in [-0.39, 0.29) is 29.8 Å². The molecular formula is C29H51N5O5. The summed E-state index contributed by atoms with van der Waals surface area (Å²) in [7, 11) is 0. The number of primary amides is 1. The molecule has 3 aliphatic rings. The molecule has 0 aromatic rings. The number of hydrogen-bond acceptors (Lipinski definition) is 5. The van der Waals surface area contributed by atoms with Crippen LogP contribution in [0.5, 0.6) is 0 Å². The lowest BCUT2D eigenvalue weighted by Gasteiger charge is -2.31. The number of nitrogens with one attached hydrogen (secondary N) is 3. The molecule has 3 fully saturated rings. The van der Waals surface area contributed by atoms with Crippen LogP contribution in [0.3, 0.4) is 0 Å². The van der Waals surface area contributed by atoms with Crippen LogP contribution in [0.1, 0.15) is 98.8 Å². The second-order valence-corrected chi connectivity index (χ2v) is 12.3. The minimum atomic E-state index is -1.03. The first-order chi connectivity index (χ1) is 18.4. The largest absolute Gasteiger partial charge is 0.363 e. The second kappa shape index (κ2) is 15.8. The number of likely N-dealkylation sites (tertiary alicyclic amines) is 1. The zero-order valence-corrected chi connectivity index (χ0v) is 24.5. The fourth-order valence-electron chi connectivity index (χ4n) is 5.99. The molecule has 0 spiro atoms. The van der Waals surface area contributed by atoms with E-state index in [2.05, 4.69) is 22.9 Å². The summed E-state index contributed by atoms with van der Waals surface area (Å²) >= 11 is 0. The molecule has 5 amide bonds. The monoisotopic (exact) mass is 549 g/mol. The van der Waals surface area contributed by atoms with Gasteiger partial charge in [-0.15, -0.1) is 0 Å². The smallest absolute Gasteiger partial charge is 0.315 e. The van der Waals surface area contributed by atoms with Gasteiger partial charge in [0, 0.05) is 18.6 Å². The van der Waals surface area contributed by atoms with E-state index in [4.69, 9.17) is 5.73 Å². The maximum absolute atomic E-state index is 12.7. The highest BCUT2D eigenvalue weighted by molar-refractivity contribution is 6.37. The minimum absolute atomic E-state index is 0.0249. The van der Waals surface area contributed by atoms with Gasteiger partial charge < -0.3 is 26.6 Å². The van der Waals surface area contributed by atoms with Crippen LogP contribution in [0.15, 0.2) is 0 Å². The molecule has 0 aromatic carbocycles. The Kier molecular flexibility index (Phi) is 13.2. The summed E-state index contributed by atoms with van der Waals surface area (Å²) in [5, 5.41) is 8.59. The Morgan fingerprint density at radius 1 is 0.872 bits per heavy atom. The van der Waals surface area contributed by atoms with Gasteiger partial charge in [-0.3, -0.25) is 19.2 Å². The normalized spacial score (nSPS) is 23.2. The third-order valence-electron chi connectivity index (χ3n) is 8.55. The molecular weight excluding hydrogens is 498 g/mol. The summed E-state index contributed by atoms with van der Waals surface area (Å²) in [6, 6.07) is -0.982. The third-order valence-corrected chi connectivity index (χ3v) is 8.55. The number of carbonyl (C=O) groups is 5. The predicted octanol–water partition coefficient (Wildman–Crippen LogP) is 2.88. The number of nitrogens with zero attached hydrogens (tertiary/aromatic N) is 1. The van der Waals surface area contributed by atoms with E-state index in [1.165, 1.54) is 37.0 Å². The van der Waals surface area contributed by atoms with Crippen molar-refractivity contribution in [1.82, 2.24) is 20.9 Å². The molecule has 5 N–H and O–H groups in total. The Hall–Kier alpha value is -2.65. The molecule has 1 heterocycles. The van der Waals surface area contributed by atoms with Crippen LogP contribution in [0, 0.1) is 23.7 Å². The van der Waals surface area contributed by atoms with Crippen molar-refractivity contribution in [2.45, 2.75) is 123 Å². The molecule has 0 aromatic heterocycles. The molecule has 0 radical (unpaired) electrons. The molecule has 222 valence electrons. The number of urea groups is 1. The molecule has 1 saturated heterocycles. The molecule has 1 aliphatic heterocycles. The molecule has 2 saturated carbocycles. The Bertz CT molecular complexity index is 838. The number of Topliss-reactive ketones (excluding diaryl/α,β-unsaturated/α-hetero) is 1. The molecule has 10 heteroatoms. The summed E-state index contributed by atoms with van der Waals surface area (Å²) < 4.78 is 0. The zero-order chi connectivity index (χ0) is 29.1. The lowest BCUT2D eigenvalue weighted by atomic mass is 9.80. The Balaban J connectivity index is 0.000000306. The van der Waals surface area contributed by atoms with Crippen LogP contribution >= 0.6 is 0 Å². The van der Waals surface area contributed by atoms with Crippen molar-refractivity contribution in [3.8, 4) is 0 Å². The summed E-state index contributed by atoms with van der Waals surface area (Å²) in [5.41, 5.74) is 5.12. The fourth-order valence-corrected chi connectivity index (χ4v) is 5.99. The van der Waals surface area contributed by atoms with Crippen molar-refractivity contribution in [2.75, 3.05) is 6.54 Å². The van der Waals surface area contributed by atoms with Gasteiger partial charge >= 0.3 is 6.03 Å². The maximum atomic E-state index is 12.7. The summed E-state index contributed by atoms with van der Waals surface area (Å²) in [4.78, 5) is 60.3. The van der Waals surface area contributed by atoms with E-state index in [0.29, 0.717) is 37.3 Å². The van der Waals surface area contributed by atoms with Crippen LogP contribution in [0.2, 0.25) is 0 Å². The van der Waals surface area contributed by atoms with Crippen molar-refractivity contribution < 1.29 is 24.0 Å². The van der Waals surface area contributed by atoms with Gasteiger partial charge in [0.15, 0.2) is 0 Å². The van der Waals surface area contributed by atoms with E-state index >= 15 is 0 Å². The van der Waals surface area contributed by atoms with Gasteiger partial charge in [-0.05, 0) is 70.1 Å². The Morgan fingerprint density at radius 3 is 2.00 bits per heavy atom. The number of ketones is 1. The van der Waals surface area contributed by atoms with Crippen molar-refractivity contribution in [3.05, 3.63) is 0 Å². The van der Waals surface area contributed by atoms with Crippen molar-refractivity contribution in [1.29, 1.82) is 0 Å². The lowest BCUT2D eigenvalue weighted by Crippen LogP contribution is -2.54. The second-order valence-electron chi connectivity index (χ2n) is 12.3. The van der Waals surface area contributed by atoms with Crippen LogP contribution in [-0.2, 0) is 19.2 Å². The summed E-state index contributed by atoms with van der Waals surface area (Å²) in [6.45, 7) is 10.6. The zero-order valence-electron chi connectivity index (χ0n) is 24.5. The van der Waals surface area contributed by atoms with E-state index < -0.39 is 23.8 Å². The predicted molar refractivity (Wildman–Crippen MR) is 150 cm³/mol. The van der Waals surface area contributed by atoms with E-state index in [1.807, 2.05) is 27.7 Å². The first kappa shape index (κ1) is 32.6. The highest BCUT2D eigenvalue weighted by Crippen LogP contribution is 2.32. The quantitative estimate of drug-likeness (QED) is 0.231. The van der Waals surface area contributed by atoms with Gasteiger partial charge in [0.25, 0.3) is 5.91 Å². The van der Waals surface area contributed by atoms with Crippen LogP contribution in [-0.4, -0.2) is 65.7 Å². The molecule has 3 rings (SSSR count). The lowest BCUT2D eigenvalue weighted by molar-refractivity contribution is -0.140. The van der Waals surface area contributed by atoms with Gasteiger partial charge in [-0.25, -0.2) is 4.79 Å². The van der Waals surface area contributed by atoms with Gasteiger partial charge in [0.2, 0.25) is 18.1 Å². The maximum Gasteiger partial charge on any atom is 0.315 e. The molecule has 3 unspecified atom stereocenters. The minimum Gasteiger partial charge on any atom is -0.363 e.